The molecule has 2 heterocycles. The highest BCUT2D eigenvalue weighted by atomic mass is 79.9. The molecule has 2 atom stereocenters. The van der Waals surface area contributed by atoms with Crippen molar-refractivity contribution in [2.75, 3.05) is 6.61 Å². The predicted molar refractivity (Wildman–Crippen MR) is 72.6 cm³/mol. The topological polar surface area (TPSA) is 44.1 Å². The van der Waals surface area contributed by atoms with Crippen LogP contribution in [-0.2, 0) is 22.5 Å². The van der Waals surface area contributed by atoms with Crippen molar-refractivity contribution in [3.63, 3.8) is 0 Å². The van der Waals surface area contributed by atoms with Crippen molar-refractivity contribution >= 4 is 21.7 Å². The number of hydrogen-bond donors (Lipinski definition) is 0. The summed E-state index contributed by atoms with van der Waals surface area (Å²) >= 11 is 3.52. The second-order valence-electron chi connectivity index (χ2n) is 4.86. The molecule has 1 aromatic heterocycles. The monoisotopic (exact) mass is 314 g/mol. The van der Waals surface area contributed by atoms with Crippen LogP contribution in [0.25, 0.3) is 0 Å². The Kier molecular flexibility index (Phi) is 4.22. The minimum Gasteiger partial charge on any atom is -0.370 e. The van der Waals surface area contributed by atoms with Crippen molar-refractivity contribution in [3.8, 4) is 0 Å². The van der Waals surface area contributed by atoms with E-state index in [0.29, 0.717) is 18.9 Å². The number of carbonyl (C=O) groups excluding carboxylic acids is 1. The smallest absolute Gasteiger partial charge is 0.167 e. The first kappa shape index (κ1) is 13.7. The average molecular weight is 315 g/mol. The fourth-order valence-electron chi connectivity index (χ4n) is 2.41. The molecular formula is C13H19BrN2O2. The van der Waals surface area contributed by atoms with Gasteiger partial charge in [-0.05, 0) is 42.1 Å². The molecule has 1 fully saturated rings. The first-order valence-electron chi connectivity index (χ1n) is 6.40. The van der Waals surface area contributed by atoms with E-state index in [9.17, 15) is 4.79 Å². The summed E-state index contributed by atoms with van der Waals surface area (Å²) < 4.78 is 8.36. The second kappa shape index (κ2) is 5.53. The largest absolute Gasteiger partial charge is 0.370 e. The zero-order valence-electron chi connectivity index (χ0n) is 11.1. The predicted octanol–water partition coefficient (Wildman–Crippen LogP) is 2.51. The van der Waals surface area contributed by atoms with Gasteiger partial charge in [-0.25, -0.2) is 0 Å². The van der Waals surface area contributed by atoms with E-state index >= 15 is 0 Å². The zero-order chi connectivity index (χ0) is 13.3. The maximum absolute atomic E-state index is 12.3. The van der Waals surface area contributed by atoms with E-state index in [2.05, 4.69) is 28.0 Å². The van der Waals surface area contributed by atoms with Crippen molar-refractivity contribution < 1.29 is 9.53 Å². The van der Waals surface area contributed by atoms with Gasteiger partial charge in [0.05, 0.1) is 22.3 Å². The van der Waals surface area contributed by atoms with Crippen LogP contribution in [-0.4, -0.2) is 28.3 Å². The molecule has 4 nitrogen and oxygen atoms in total. The van der Waals surface area contributed by atoms with E-state index in [1.54, 1.807) is 0 Å². The first-order chi connectivity index (χ1) is 8.54. The van der Waals surface area contributed by atoms with Crippen molar-refractivity contribution in [3.05, 3.63) is 15.9 Å². The zero-order valence-corrected chi connectivity index (χ0v) is 12.7. The van der Waals surface area contributed by atoms with E-state index in [-0.39, 0.29) is 11.9 Å². The molecule has 0 radical (unpaired) electrons. The Bertz CT molecular complexity index is 456. The lowest BCUT2D eigenvalue weighted by Gasteiger charge is -2.13. The van der Waals surface area contributed by atoms with Crippen LogP contribution in [0.15, 0.2) is 4.47 Å². The van der Waals surface area contributed by atoms with Gasteiger partial charge in [0.1, 0.15) is 6.10 Å². The second-order valence-corrected chi connectivity index (χ2v) is 5.66. The molecule has 1 aliphatic rings. The summed E-state index contributed by atoms with van der Waals surface area (Å²) in [5.41, 5.74) is 1.89. The quantitative estimate of drug-likeness (QED) is 0.857. The lowest BCUT2D eigenvalue weighted by atomic mass is 9.98. The van der Waals surface area contributed by atoms with Crippen LogP contribution in [0.1, 0.15) is 31.7 Å². The molecule has 0 N–H and O–H groups in total. The molecule has 1 aliphatic heterocycles. The first-order valence-corrected chi connectivity index (χ1v) is 7.20. The molecule has 0 bridgehead atoms. The average Bonchev–Trinajstić information content (AvgIpc) is 2.87. The maximum atomic E-state index is 12.3. The van der Waals surface area contributed by atoms with E-state index < -0.39 is 0 Å². The highest BCUT2D eigenvalue weighted by Crippen LogP contribution is 2.25. The van der Waals surface area contributed by atoms with Crippen LogP contribution in [0, 0.1) is 12.8 Å². The van der Waals surface area contributed by atoms with Crippen LogP contribution in [0.5, 0.6) is 0 Å². The number of hydrogen-bond acceptors (Lipinski definition) is 3. The number of carbonyl (C=O) groups is 1. The molecule has 1 aromatic rings. The lowest BCUT2D eigenvalue weighted by Crippen LogP contribution is -2.27. The standard InChI is InChI=1S/C13H19BrN2O2/c1-4-16-10(12(14)9(3)15-16)7-11(17)13-8(2)5-6-18-13/h8,13H,4-7H2,1-3H3. The van der Waals surface area contributed by atoms with Gasteiger partial charge in [-0.1, -0.05) is 6.92 Å². The fourth-order valence-corrected chi connectivity index (χ4v) is 2.83. The number of ketones is 1. The fraction of sp³-hybridized carbons (Fsp3) is 0.692. The Balaban J connectivity index is 2.16. The molecule has 1 saturated heterocycles. The number of ether oxygens (including phenoxy) is 1. The molecular weight excluding hydrogens is 296 g/mol. The number of aromatic nitrogens is 2. The Morgan fingerprint density at radius 3 is 2.89 bits per heavy atom. The third kappa shape index (κ3) is 2.52. The minimum atomic E-state index is -0.239. The number of Topliss-reactive ketones (excluding diaryl/α,β-unsaturated/α-hetero) is 1. The van der Waals surface area contributed by atoms with Gasteiger partial charge in [0.15, 0.2) is 5.78 Å². The van der Waals surface area contributed by atoms with Crippen LogP contribution in [0.3, 0.4) is 0 Å². The molecule has 2 unspecified atom stereocenters. The molecule has 2 rings (SSSR count). The van der Waals surface area contributed by atoms with Crippen LogP contribution < -0.4 is 0 Å². The molecule has 0 aliphatic carbocycles. The van der Waals surface area contributed by atoms with Gasteiger partial charge in [-0.15, -0.1) is 0 Å². The number of nitrogens with zero attached hydrogens (tertiary/aromatic N) is 2. The van der Waals surface area contributed by atoms with Crippen molar-refractivity contribution in [2.24, 2.45) is 5.92 Å². The summed E-state index contributed by atoms with van der Waals surface area (Å²) in [7, 11) is 0. The Hall–Kier alpha value is -0.680. The van der Waals surface area contributed by atoms with E-state index in [4.69, 9.17) is 4.74 Å². The SMILES string of the molecule is CCn1nc(C)c(Br)c1CC(=O)C1OCCC1C. The van der Waals surface area contributed by atoms with Gasteiger partial charge in [-0.2, -0.15) is 5.10 Å². The summed E-state index contributed by atoms with van der Waals surface area (Å²) in [5.74, 6) is 0.491. The van der Waals surface area contributed by atoms with Crippen LogP contribution in [0.2, 0.25) is 0 Å². The lowest BCUT2D eigenvalue weighted by molar-refractivity contribution is -0.128. The minimum absolute atomic E-state index is 0.162. The van der Waals surface area contributed by atoms with E-state index in [1.165, 1.54) is 0 Å². The Morgan fingerprint density at radius 2 is 2.33 bits per heavy atom. The summed E-state index contributed by atoms with van der Waals surface area (Å²) in [5, 5.41) is 4.40. The van der Waals surface area contributed by atoms with Crippen molar-refractivity contribution in [2.45, 2.75) is 46.3 Å². The van der Waals surface area contributed by atoms with Gasteiger partial charge in [0.2, 0.25) is 0 Å². The third-order valence-electron chi connectivity index (χ3n) is 3.50. The highest BCUT2D eigenvalue weighted by Gasteiger charge is 2.31. The Labute approximate surface area is 116 Å². The highest BCUT2D eigenvalue weighted by molar-refractivity contribution is 9.10. The van der Waals surface area contributed by atoms with E-state index in [1.807, 2.05) is 18.5 Å². The number of halogens is 1. The molecule has 0 aromatic carbocycles. The number of rotatable bonds is 4. The van der Waals surface area contributed by atoms with Crippen molar-refractivity contribution in [1.29, 1.82) is 0 Å². The molecule has 0 spiro atoms. The molecule has 0 amide bonds. The molecule has 5 heteroatoms. The van der Waals surface area contributed by atoms with Crippen LogP contribution in [0.4, 0.5) is 0 Å². The molecule has 18 heavy (non-hydrogen) atoms. The van der Waals surface area contributed by atoms with Crippen molar-refractivity contribution in [1.82, 2.24) is 9.78 Å². The van der Waals surface area contributed by atoms with Gasteiger partial charge in [-0.3, -0.25) is 9.48 Å². The normalized spacial score (nSPS) is 23.6. The molecule has 100 valence electrons. The Morgan fingerprint density at radius 1 is 1.61 bits per heavy atom. The van der Waals surface area contributed by atoms with Gasteiger partial charge in [0.25, 0.3) is 0 Å². The molecule has 0 saturated carbocycles. The summed E-state index contributed by atoms with van der Waals surface area (Å²) in [6.45, 7) is 7.52. The summed E-state index contributed by atoms with van der Waals surface area (Å²) in [6.07, 6.45) is 1.13. The summed E-state index contributed by atoms with van der Waals surface area (Å²) in [6, 6.07) is 0. The van der Waals surface area contributed by atoms with Gasteiger partial charge in [0, 0.05) is 13.2 Å². The van der Waals surface area contributed by atoms with Crippen LogP contribution >= 0.6 is 15.9 Å². The van der Waals surface area contributed by atoms with Gasteiger partial charge < -0.3 is 4.74 Å². The van der Waals surface area contributed by atoms with Gasteiger partial charge >= 0.3 is 0 Å². The number of aryl methyl sites for hydroxylation is 2. The maximum Gasteiger partial charge on any atom is 0.167 e. The summed E-state index contributed by atoms with van der Waals surface area (Å²) in [4.78, 5) is 12.3. The van der Waals surface area contributed by atoms with E-state index in [0.717, 1.165) is 28.8 Å². The third-order valence-corrected chi connectivity index (χ3v) is 4.53.